The summed E-state index contributed by atoms with van der Waals surface area (Å²) in [5.74, 6) is 0. The van der Waals surface area contributed by atoms with Crippen LogP contribution in [0.1, 0.15) is 0 Å². The van der Waals surface area contributed by atoms with Crippen molar-refractivity contribution in [3.8, 4) is 0 Å². The maximum atomic E-state index is 8.74. The maximum Gasteiger partial charge on any atom is 4.00 e. The van der Waals surface area contributed by atoms with Crippen LogP contribution in [0.15, 0.2) is 0 Å². The van der Waals surface area contributed by atoms with Crippen molar-refractivity contribution in [3.05, 3.63) is 0 Å². The molecule has 0 aromatic heterocycles. The molecule has 0 amide bonds. The van der Waals surface area contributed by atoms with Crippen LogP contribution < -0.4 is 49.6 Å². The molecule has 0 aromatic rings. The largest absolute Gasteiger partial charge is 4.00 e. The van der Waals surface area contributed by atoms with Crippen molar-refractivity contribution >= 4 is 10.4 Å². The molecule has 0 aliphatic heterocycles. The normalized spacial score (nSPS) is 5.80. The van der Waals surface area contributed by atoms with Crippen LogP contribution in [-0.4, -0.2) is 17.5 Å². The molecule has 0 rings (SSSR count). The predicted octanol–water partition coefficient (Wildman–Crippen LogP) is -12.6. The van der Waals surface area contributed by atoms with E-state index in [9.17, 15) is 0 Å². The summed E-state index contributed by atoms with van der Waals surface area (Å²) in [5, 5.41) is 0. The van der Waals surface area contributed by atoms with Crippen LogP contribution in [-0.2, 0) is 31.5 Å². The number of hydrogen-bond donors (Lipinski definition) is 2. The number of hydrogen-bond acceptors (Lipinski definition) is 2. The standard InChI is InChI=1S/4ClH.H2O4S.Pt/c;;;;1-5(2,3)4;/h4*1H;(H2,1,2,3,4);/q;;;;;+4/p-4. The van der Waals surface area contributed by atoms with E-state index in [4.69, 9.17) is 17.5 Å². The molecule has 0 saturated heterocycles. The minimum absolute atomic E-state index is 0. The van der Waals surface area contributed by atoms with Gasteiger partial charge >= 0.3 is 31.5 Å². The van der Waals surface area contributed by atoms with E-state index in [1.54, 1.807) is 0 Å². The first-order valence-electron chi connectivity index (χ1n) is 0.698. The Morgan fingerprint density at radius 3 is 0.800 bits per heavy atom. The zero-order chi connectivity index (χ0) is 4.50. The SMILES string of the molecule is O=S(=O)(O)O.[Cl-].[Cl-].[Cl-].[Cl-].[Pt+4]. The fraction of sp³-hybridized carbons (Fsp3) is 0. The van der Waals surface area contributed by atoms with Gasteiger partial charge in [-0.3, -0.25) is 9.11 Å². The van der Waals surface area contributed by atoms with Gasteiger partial charge in [0, 0.05) is 0 Å². The maximum absolute atomic E-state index is 8.74. The van der Waals surface area contributed by atoms with Gasteiger partial charge in [0.25, 0.3) is 0 Å². The van der Waals surface area contributed by atoms with E-state index in [-0.39, 0.29) is 70.7 Å². The van der Waals surface area contributed by atoms with Gasteiger partial charge in [-0.1, -0.05) is 0 Å². The van der Waals surface area contributed by atoms with Gasteiger partial charge < -0.3 is 49.6 Å². The third-order valence-electron chi connectivity index (χ3n) is 0. The van der Waals surface area contributed by atoms with E-state index >= 15 is 0 Å². The molecule has 0 aliphatic carbocycles. The molecule has 0 heterocycles. The zero-order valence-electron chi connectivity index (χ0n) is 3.95. The zero-order valence-corrected chi connectivity index (χ0v) is 10.1. The van der Waals surface area contributed by atoms with Gasteiger partial charge in [-0.25, -0.2) is 0 Å². The molecule has 10 heavy (non-hydrogen) atoms. The van der Waals surface area contributed by atoms with Crippen LogP contribution in [0.3, 0.4) is 0 Å². The Morgan fingerprint density at radius 1 is 0.800 bits per heavy atom. The summed E-state index contributed by atoms with van der Waals surface area (Å²) in [4.78, 5) is 0. The van der Waals surface area contributed by atoms with Crippen molar-refractivity contribution in [1.29, 1.82) is 0 Å². The van der Waals surface area contributed by atoms with Crippen LogP contribution >= 0.6 is 0 Å². The van der Waals surface area contributed by atoms with Gasteiger partial charge in [0.15, 0.2) is 0 Å². The molecular weight excluding hydrogens is 433 g/mol. The molecule has 0 atom stereocenters. The van der Waals surface area contributed by atoms with Crippen LogP contribution in [0, 0.1) is 0 Å². The van der Waals surface area contributed by atoms with Gasteiger partial charge in [0.2, 0.25) is 0 Å². The molecule has 0 radical (unpaired) electrons. The van der Waals surface area contributed by atoms with E-state index in [0.29, 0.717) is 0 Å². The van der Waals surface area contributed by atoms with Gasteiger partial charge in [-0.05, 0) is 0 Å². The fourth-order valence-electron chi connectivity index (χ4n) is 0. The summed E-state index contributed by atoms with van der Waals surface area (Å²) < 4.78 is 31.6. The Labute approximate surface area is 98.0 Å². The topological polar surface area (TPSA) is 74.6 Å². The quantitative estimate of drug-likeness (QED) is 0.371. The van der Waals surface area contributed by atoms with Gasteiger partial charge in [0.05, 0.1) is 0 Å². The van der Waals surface area contributed by atoms with Crippen LogP contribution in [0.4, 0.5) is 0 Å². The van der Waals surface area contributed by atoms with Crippen molar-refractivity contribution in [2.45, 2.75) is 0 Å². The van der Waals surface area contributed by atoms with Crippen molar-refractivity contribution in [1.82, 2.24) is 0 Å². The molecule has 70 valence electrons. The van der Waals surface area contributed by atoms with Crippen molar-refractivity contribution in [3.63, 3.8) is 0 Å². The average molecular weight is 435 g/mol. The third kappa shape index (κ3) is 250. The first-order valence-corrected chi connectivity index (χ1v) is 2.10. The van der Waals surface area contributed by atoms with Crippen LogP contribution in [0.2, 0.25) is 0 Å². The summed E-state index contributed by atoms with van der Waals surface area (Å²) >= 11 is 0. The second-order valence-corrected chi connectivity index (χ2v) is 1.34. The summed E-state index contributed by atoms with van der Waals surface area (Å²) in [6.07, 6.45) is 0. The van der Waals surface area contributed by atoms with Gasteiger partial charge in [0.1, 0.15) is 0 Å². The van der Waals surface area contributed by atoms with E-state index in [1.807, 2.05) is 0 Å². The van der Waals surface area contributed by atoms with Crippen molar-refractivity contribution < 1.29 is 88.2 Å². The minimum atomic E-state index is -4.67. The molecule has 0 aromatic carbocycles. The predicted molar refractivity (Wildman–Crippen MR) is 14.2 cm³/mol. The molecule has 2 N–H and O–H groups in total. The van der Waals surface area contributed by atoms with E-state index in [0.717, 1.165) is 0 Å². The Morgan fingerprint density at radius 2 is 0.800 bits per heavy atom. The average Bonchev–Trinajstić information content (AvgIpc) is 0.722. The van der Waals surface area contributed by atoms with Gasteiger partial charge in [-0.15, -0.1) is 0 Å². The summed E-state index contributed by atoms with van der Waals surface area (Å²) in [7, 11) is -4.67. The third-order valence-corrected chi connectivity index (χ3v) is 0. The smallest absolute Gasteiger partial charge is 1.00 e. The first-order chi connectivity index (χ1) is 2.00. The molecule has 0 aliphatic rings. The number of rotatable bonds is 0. The first kappa shape index (κ1) is 41.2. The second kappa shape index (κ2) is 17.0. The van der Waals surface area contributed by atoms with Crippen LogP contribution in [0.25, 0.3) is 0 Å². The Hall–Kier alpha value is 1.72. The molecule has 0 fully saturated rings. The Kier molecular flexibility index (Phi) is 70.0. The molecule has 0 spiro atoms. The van der Waals surface area contributed by atoms with Crippen molar-refractivity contribution in [2.24, 2.45) is 0 Å². The molecular formula is H2Cl4O4PtS. The second-order valence-electron chi connectivity index (χ2n) is 0.448. The monoisotopic (exact) mass is 433 g/mol. The van der Waals surface area contributed by atoms with Crippen LogP contribution in [0.5, 0.6) is 0 Å². The van der Waals surface area contributed by atoms with E-state index < -0.39 is 10.4 Å². The van der Waals surface area contributed by atoms with Crippen molar-refractivity contribution in [2.75, 3.05) is 0 Å². The summed E-state index contributed by atoms with van der Waals surface area (Å²) in [6.45, 7) is 0. The number of halogens is 4. The fourth-order valence-corrected chi connectivity index (χ4v) is 0. The molecule has 0 unspecified atom stereocenters. The molecule has 0 bridgehead atoms. The Balaban J connectivity index is -0.00000000800. The molecule has 4 nitrogen and oxygen atoms in total. The summed E-state index contributed by atoms with van der Waals surface area (Å²) in [5.41, 5.74) is 0. The molecule has 0 saturated carbocycles. The molecule has 10 heteroatoms. The van der Waals surface area contributed by atoms with E-state index in [1.165, 1.54) is 0 Å². The summed E-state index contributed by atoms with van der Waals surface area (Å²) in [6, 6.07) is 0. The van der Waals surface area contributed by atoms with E-state index in [2.05, 4.69) is 0 Å². The van der Waals surface area contributed by atoms with Gasteiger partial charge in [-0.2, -0.15) is 8.42 Å². The Bertz CT molecular complexity index is 100. The minimum Gasteiger partial charge on any atom is -1.00 e.